The van der Waals surface area contributed by atoms with Gasteiger partial charge < -0.3 is 10.5 Å². The van der Waals surface area contributed by atoms with E-state index in [1.54, 1.807) is 6.20 Å². The van der Waals surface area contributed by atoms with Crippen LogP contribution in [0.25, 0.3) is 10.9 Å². The number of nitrogens with one attached hydrogen (secondary N) is 1. The van der Waals surface area contributed by atoms with E-state index < -0.39 is 12.0 Å². The van der Waals surface area contributed by atoms with Crippen LogP contribution in [0.3, 0.4) is 0 Å². The van der Waals surface area contributed by atoms with Crippen LogP contribution >= 0.6 is 12.4 Å². The van der Waals surface area contributed by atoms with Crippen molar-refractivity contribution in [3.05, 3.63) is 29.5 Å². The fourth-order valence-corrected chi connectivity index (χ4v) is 1.92. The fraction of sp³-hybridized carbons (Fsp3) is 0.333. The molecule has 1 atom stereocenters. The third-order valence-corrected chi connectivity index (χ3v) is 2.77. The van der Waals surface area contributed by atoms with Crippen LogP contribution in [0.15, 0.2) is 18.3 Å². The van der Waals surface area contributed by atoms with Crippen molar-refractivity contribution in [3.8, 4) is 0 Å². The highest BCUT2D eigenvalue weighted by molar-refractivity contribution is 5.85. The molecule has 0 fully saturated rings. The van der Waals surface area contributed by atoms with Gasteiger partial charge in [-0.25, -0.2) is 0 Å². The van der Waals surface area contributed by atoms with Crippen molar-refractivity contribution in [2.24, 2.45) is 5.73 Å². The number of H-pyrrole nitrogens is 1. The van der Waals surface area contributed by atoms with Crippen LogP contribution in [0, 0.1) is 6.92 Å². The van der Waals surface area contributed by atoms with Crippen molar-refractivity contribution in [1.82, 2.24) is 10.2 Å². The number of aryl methyl sites for hydroxylation is 1. The van der Waals surface area contributed by atoms with Crippen LogP contribution < -0.4 is 5.73 Å². The molecule has 0 saturated heterocycles. The number of nitrogens with zero attached hydrogens (tertiary/aromatic N) is 1. The largest absolute Gasteiger partial charge is 0.468 e. The van der Waals surface area contributed by atoms with E-state index in [-0.39, 0.29) is 12.4 Å². The number of hydrogen-bond donors (Lipinski definition) is 2. The maximum Gasteiger partial charge on any atom is 0.322 e. The zero-order valence-electron chi connectivity index (χ0n) is 10.3. The molecule has 2 aromatic rings. The summed E-state index contributed by atoms with van der Waals surface area (Å²) < 4.78 is 4.60. The minimum atomic E-state index is -0.622. The summed E-state index contributed by atoms with van der Waals surface area (Å²) in [6, 6.07) is 3.36. The first-order valence-electron chi connectivity index (χ1n) is 5.38. The molecule has 18 heavy (non-hydrogen) atoms. The van der Waals surface area contributed by atoms with Gasteiger partial charge in [0.2, 0.25) is 0 Å². The lowest BCUT2D eigenvalue weighted by Crippen LogP contribution is -2.33. The van der Waals surface area contributed by atoms with E-state index in [0.717, 1.165) is 22.0 Å². The quantitative estimate of drug-likeness (QED) is 0.824. The van der Waals surface area contributed by atoms with E-state index >= 15 is 0 Å². The number of esters is 1. The highest BCUT2D eigenvalue weighted by Gasteiger charge is 2.15. The lowest BCUT2D eigenvalue weighted by atomic mass is 10.0. The van der Waals surface area contributed by atoms with E-state index in [4.69, 9.17) is 5.73 Å². The zero-order valence-corrected chi connectivity index (χ0v) is 11.1. The number of rotatable bonds is 3. The molecule has 0 amide bonds. The van der Waals surface area contributed by atoms with Crippen molar-refractivity contribution in [3.63, 3.8) is 0 Å². The van der Waals surface area contributed by atoms with Crippen molar-refractivity contribution in [2.45, 2.75) is 19.4 Å². The molecular formula is C12H16ClN3O2. The minimum Gasteiger partial charge on any atom is -0.468 e. The Morgan fingerprint density at radius 3 is 2.94 bits per heavy atom. The number of ether oxygens (including phenoxy) is 1. The number of benzene rings is 1. The number of aromatic amines is 1. The maximum atomic E-state index is 11.2. The molecule has 2 rings (SSSR count). The molecule has 3 N–H and O–H groups in total. The Balaban J connectivity index is 0.00000162. The van der Waals surface area contributed by atoms with Gasteiger partial charge in [-0.15, -0.1) is 12.4 Å². The second-order valence-corrected chi connectivity index (χ2v) is 4.08. The predicted octanol–water partition coefficient (Wildman–Crippen LogP) is 1.34. The van der Waals surface area contributed by atoms with Crippen LogP contribution in [-0.2, 0) is 16.0 Å². The molecule has 0 aliphatic carbocycles. The molecule has 0 bridgehead atoms. The van der Waals surface area contributed by atoms with Crippen molar-refractivity contribution < 1.29 is 9.53 Å². The smallest absolute Gasteiger partial charge is 0.322 e. The Bertz CT molecular complexity index is 553. The van der Waals surface area contributed by atoms with E-state index in [0.29, 0.717) is 6.42 Å². The van der Waals surface area contributed by atoms with E-state index in [1.165, 1.54) is 7.11 Å². The highest BCUT2D eigenvalue weighted by atomic mass is 35.5. The van der Waals surface area contributed by atoms with Gasteiger partial charge in [0.05, 0.1) is 18.8 Å². The Morgan fingerprint density at radius 2 is 2.28 bits per heavy atom. The molecule has 0 saturated carbocycles. The van der Waals surface area contributed by atoms with Gasteiger partial charge >= 0.3 is 5.97 Å². The monoisotopic (exact) mass is 269 g/mol. The SMILES string of the molecule is COC(=O)C(N)Cc1cc(C)c2[nH]ncc2c1.Cl. The summed E-state index contributed by atoms with van der Waals surface area (Å²) in [4.78, 5) is 11.2. The molecule has 0 radical (unpaired) electrons. The number of carbonyl (C=O) groups is 1. The number of fused-ring (bicyclic) bond motifs is 1. The van der Waals surface area contributed by atoms with Gasteiger partial charge in [-0.3, -0.25) is 9.89 Å². The summed E-state index contributed by atoms with van der Waals surface area (Å²) >= 11 is 0. The molecule has 6 heteroatoms. The average Bonchev–Trinajstić information content (AvgIpc) is 2.76. The summed E-state index contributed by atoms with van der Waals surface area (Å²) in [5.41, 5.74) is 8.84. The van der Waals surface area contributed by atoms with Crippen LogP contribution in [-0.4, -0.2) is 29.3 Å². The summed E-state index contributed by atoms with van der Waals surface area (Å²) in [5.74, 6) is -0.394. The molecule has 98 valence electrons. The Morgan fingerprint density at radius 1 is 1.56 bits per heavy atom. The van der Waals surface area contributed by atoms with Crippen LogP contribution in [0.4, 0.5) is 0 Å². The normalized spacial score (nSPS) is 11.9. The van der Waals surface area contributed by atoms with Gasteiger partial charge in [0, 0.05) is 5.39 Å². The number of hydrogen-bond acceptors (Lipinski definition) is 4. The van der Waals surface area contributed by atoms with Gasteiger partial charge in [0.25, 0.3) is 0 Å². The van der Waals surface area contributed by atoms with Gasteiger partial charge in [0.1, 0.15) is 6.04 Å². The minimum absolute atomic E-state index is 0. The fourth-order valence-electron chi connectivity index (χ4n) is 1.92. The predicted molar refractivity (Wildman–Crippen MR) is 71.8 cm³/mol. The second-order valence-electron chi connectivity index (χ2n) is 4.08. The molecule has 1 aromatic carbocycles. The van der Waals surface area contributed by atoms with Crippen molar-refractivity contribution >= 4 is 29.3 Å². The number of aromatic nitrogens is 2. The Labute approximate surface area is 111 Å². The molecule has 0 aliphatic rings. The van der Waals surface area contributed by atoms with Crippen molar-refractivity contribution in [1.29, 1.82) is 0 Å². The van der Waals surface area contributed by atoms with Crippen LogP contribution in [0.1, 0.15) is 11.1 Å². The first-order chi connectivity index (χ1) is 8.11. The maximum absolute atomic E-state index is 11.2. The van der Waals surface area contributed by atoms with Gasteiger partial charge in [-0.2, -0.15) is 5.10 Å². The van der Waals surface area contributed by atoms with Gasteiger partial charge in [-0.1, -0.05) is 6.07 Å². The van der Waals surface area contributed by atoms with E-state index in [1.807, 2.05) is 19.1 Å². The zero-order chi connectivity index (χ0) is 12.4. The van der Waals surface area contributed by atoms with E-state index in [2.05, 4.69) is 14.9 Å². The molecule has 1 aromatic heterocycles. The summed E-state index contributed by atoms with van der Waals surface area (Å²) in [6.07, 6.45) is 2.23. The lowest BCUT2D eigenvalue weighted by molar-refractivity contribution is -0.142. The molecular weight excluding hydrogens is 254 g/mol. The third-order valence-electron chi connectivity index (χ3n) is 2.77. The van der Waals surface area contributed by atoms with E-state index in [9.17, 15) is 4.79 Å². The second kappa shape index (κ2) is 5.84. The highest BCUT2D eigenvalue weighted by Crippen LogP contribution is 2.18. The number of halogens is 1. The molecule has 0 aliphatic heterocycles. The van der Waals surface area contributed by atoms with Gasteiger partial charge in [-0.05, 0) is 30.5 Å². The molecule has 1 unspecified atom stereocenters. The molecule has 0 spiro atoms. The van der Waals surface area contributed by atoms with Crippen LogP contribution in [0.5, 0.6) is 0 Å². The molecule has 1 heterocycles. The summed E-state index contributed by atoms with van der Waals surface area (Å²) in [7, 11) is 1.34. The topological polar surface area (TPSA) is 81.0 Å². The number of nitrogens with two attached hydrogens (primary N) is 1. The van der Waals surface area contributed by atoms with Crippen molar-refractivity contribution in [2.75, 3.05) is 7.11 Å². The third kappa shape index (κ3) is 2.80. The summed E-state index contributed by atoms with van der Waals surface area (Å²) in [6.45, 7) is 1.99. The summed E-state index contributed by atoms with van der Waals surface area (Å²) in [5, 5.41) is 7.94. The standard InChI is InChI=1S/C12H15N3O2.ClH/c1-7-3-8(5-10(13)12(16)17-2)4-9-6-14-15-11(7)9;/h3-4,6,10H,5,13H2,1-2H3,(H,14,15);1H. The molecule has 5 nitrogen and oxygen atoms in total. The number of methoxy groups -OCH3 is 1. The van der Waals surface area contributed by atoms with Crippen LogP contribution in [0.2, 0.25) is 0 Å². The lowest BCUT2D eigenvalue weighted by Gasteiger charge is -2.10. The number of carbonyl (C=O) groups excluding carboxylic acids is 1. The Kier molecular flexibility index (Phi) is 4.69. The Hall–Kier alpha value is -1.59. The first-order valence-corrected chi connectivity index (χ1v) is 5.38. The average molecular weight is 270 g/mol. The first kappa shape index (κ1) is 14.5. The van der Waals surface area contributed by atoms with Gasteiger partial charge in [0.15, 0.2) is 0 Å².